The molecule has 0 saturated carbocycles. The molecule has 0 spiro atoms. The standard InChI is InChI=1S/C11H11N/c1-2-5-10(6-3-1)11-7-4-8-12-9-11/h1-3,5-6,8-9H,4,7H2. The topological polar surface area (TPSA) is 12.4 Å². The molecular formula is C11H11N. The molecule has 0 N–H and O–H groups in total. The zero-order valence-electron chi connectivity index (χ0n) is 6.90. The van der Waals surface area contributed by atoms with Crippen molar-refractivity contribution in [2.75, 3.05) is 0 Å². The Balaban J connectivity index is 2.31. The Morgan fingerprint density at radius 1 is 1.08 bits per heavy atom. The number of benzene rings is 1. The van der Waals surface area contributed by atoms with Gasteiger partial charge in [0.05, 0.1) is 0 Å². The van der Waals surface area contributed by atoms with Crippen molar-refractivity contribution in [3.8, 4) is 0 Å². The number of nitrogens with zero attached hydrogens (tertiary/aromatic N) is 1. The van der Waals surface area contributed by atoms with Gasteiger partial charge in [0.2, 0.25) is 0 Å². The van der Waals surface area contributed by atoms with Crippen LogP contribution in [0.25, 0.3) is 5.57 Å². The van der Waals surface area contributed by atoms with Gasteiger partial charge in [-0.2, -0.15) is 0 Å². The zero-order chi connectivity index (χ0) is 8.23. The summed E-state index contributed by atoms with van der Waals surface area (Å²) in [6.07, 6.45) is 6.11. The zero-order valence-corrected chi connectivity index (χ0v) is 6.90. The van der Waals surface area contributed by atoms with Crippen LogP contribution in [0.2, 0.25) is 0 Å². The maximum atomic E-state index is 4.15. The Bertz CT molecular complexity index is 309. The van der Waals surface area contributed by atoms with Gasteiger partial charge >= 0.3 is 0 Å². The van der Waals surface area contributed by atoms with E-state index < -0.39 is 0 Å². The highest BCUT2D eigenvalue weighted by Gasteiger charge is 2.01. The smallest absolute Gasteiger partial charge is 0.0302 e. The summed E-state index contributed by atoms with van der Waals surface area (Å²) in [6.45, 7) is 0. The first-order valence-corrected chi connectivity index (χ1v) is 4.23. The molecule has 1 nitrogen and oxygen atoms in total. The molecule has 0 saturated heterocycles. The van der Waals surface area contributed by atoms with Crippen LogP contribution in [0.4, 0.5) is 0 Å². The van der Waals surface area contributed by atoms with Crippen LogP contribution in [-0.2, 0) is 0 Å². The summed E-state index contributed by atoms with van der Waals surface area (Å²) in [5.41, 5.74) is 2.65. The molecule has 2 rings (SSSR count). The Morgan fingerprint density at radius 2 is 1.92 bits per heavy atom. The molecule has 1 aromatic rings. The quantitative estimate of drug-likeness (QED) is 0.594. The van der Waals surface area contributed by atoms with E-state index in [4.69, 9.17) is 0 Å². The van der Waals surface area contributed by atoms with Crippen LogP contribution in [0.1, 0.15) is 18.4 Å². The van der Waals surface area contributed by atoms with Gasteiger partial charge in [0.1, 0.15) is 0 Å². The lowest BCUT2D eigenvalue weighted by atomic mass is 10.0. The van der Waals surface area contributed by atoms with Crippen molar-refractivity contribution in [1.29, 1.82) is 0 Å². The summed E-state index contributed by atoms with van der Waals surface area (Å²) >= 11 is 0. The van der Waals surface area contributed by atoms with Gasteiger partial charge in [-0.25, -0.2) is 0 Å². The Morgan fingerprint density at radius 3 is 2.58 bits per heavy atom. The highest BCUT2D eigenvalue weighted by Crippen LogP contribution is 2.21. The van der Waals surface area contributed by atoms with Gasteiger partial charge in [-0.1, -0.05) is 30.3 Å². The second-order valence-electron chi connectivity index (χ2n) is 2.89. The molecule has 0 unspecified atom stereocenters. The van der Waals surface area contributed by atoms with Crippen LogP contribution in [0, 0.1) is 0 Å². The van der Waals surface area contributed by atoms with Crippen molar-refractivity contribution in [2.45, 2.75) is 12.8 Å². The molecule has 60 valence electrons. The molecule has 0 amide bonds. The minimum atomic E-state index is 1.07. The summed E-state index contributed by atoms with van der Waals surface area (Å²) in [7, 11) is 0. The van der Waals surface area contributed by atoms with E-state index in [1.165, 1.54) is 11.1 Å². The van der Waals surface area contributed by atoms with E-state index in [2.05, 4.69) is 29.3 Å². The fourth-order valence-corrected chi connectivity index (χ4v) is 1.37. The second-order valence-corrected chi connectivity index (χ2v) is 2.89. The first kappa shape index (κ1) is 7.29. The fourth-order valence-electron chi connectivity index (χ4n) is 1.37. The van der Waals surface area contributed by atoms with E-state index in [1.54, 1.807) is 0 Å². The fraction of sp³-hybridized carbons (Fsp3) is 0.182. The SMILES string of the molecule is C1=NC=C(c2ccccc2)CC1. The maximum Gasteiger partial charge on any atom is 0.0302 e. The molecule has 0 radical (unpaired) electrons. The molecule has 0 aliphatic carbocycles. The highest BCUT2D eigenvalue weighted by atomic mass is 14.7. The van der Waals surface area contributed by atoms with Gasteiger partial charge in [-0.05, 0) is 24.0 Å². The van der Waals surface area contributed by atoms with Crippen molar-refractivity contribution in [3.05, 3.63) is 42.1 Å². The lowest BCUT2D eigenvalue weighted by Crippen LogP contribution is -1.89. The predicted octanol–water partition coefficient (Wildman–Crippen LogP) is 2.89. The minimum Gasteiger partial charge on any atom is -0.269 e. The molecule has 0 bridgehead atoms. The monoisotopic (exact) mass is 157 g/mol. The van der Waals surface area contributed by atoms with Gasteiger partial charge in [0, 0.05) is 12.4 Å². The summed E-state index contributed by atoms with van der Waals surface area (Å²) in [6, 6.07) is 10.4. The van der Waals surface area contributed by atoms with Gasteiger partial charge in [0.25, 0.3) is 0 Å². The van der Waals surface area contributed by atoms with E-state index in [0.717, 1.165) is 12.8 Å². The third-order valence-electron chi connectivity index (χ3n) is 2.02. The molecule has 0 aromatic heterocycles. The summed E-state index contributed by atoms with van der Waals surface area (Å²) in [5, 5.41) is 0. The molecule has 0 fully saturated rings. The van der Waals surface area contributed by atoms with Crippen LogP contribution < -0.4 is 0 Å². The molecule has 1 heteroatoms. The van der Waals surface area contributed by atoms with Gasteiger partial charge in [-0.15, -0.1) is 0 Å². The number of aliphatic imine (C=N–C) groups is 1. The van der Waals surface area contributed by atoms with Crippen molar-refractivity contribution < 1.29 is 0 Å². The third kappa shape index (κ3) is 1.45. The van der Waals surface area contributed by atoms with Gasteiger partial charge in [-0.3, -0.25) is 4.99 Å². The minimum absolute atomic E-state index is 1.07. The Hall–Kier alpha value is -1.37. The lowest BCUT2D eigenvalue weighted by molar-refractivity contribution is 1.10. The van der Waals surface area contributed by atoms with Gasteiger partial charge in [0.15, 0.2) is 0 Å². The van der Waals surface area contributed by atoms with E-state index in [1.807, 2.05) is 18.5 Å². The van der Waals surface area contributed by atoms with E-state index in [-0.39, 0.29) is 0 Å². The van der Waals surface area contributed by atoms with E-state index in [0.29, 0.717) is 0 Å². The van der Waals surface area contributed by atoms with Crippen LogP contribution in [-0.4, -0.2) is 6.21 Å². The van der Waals surface area contributed by atoms with Crippen molar-refractivity contribution in [1.82, 2.24) is 0 Å². The molecular weight excluding hydrogens is 146 g/mol. The summed E-state index contributed by atoms with van der Waals surface area (Å²) < 4.78 is 0. The third-order valence-corrected chi connectivity index (χ3v) is 2.02. The van der Waals surface area contributed by atoms with Crippen LogP contribution in [0.15, 0.2) is 41.5 Å². The first-order chi connectivity index (χ1) is 5.97. The molecule has 1 aliphatic rings. The molecule has 0 atom stereocenters. The summed E-state index contributed by atoms with van der Waals surface area (Å²) in [5.74, 6) is 0. The van der Waals surface area contributed by atoms with Crippen LogP contribution in [0.5, 0.6) is 0 Å². The molecule has 1 aliphatic heterocycles. The Labute approximate surface area is 72.5 Å². The molecule has 12 heavy (non-hydrogen) atoms. The predicted molar refractivity (Wildman–Crippen MR) is 52.1 cm³/mol. The lowest BCUT2D eigenvalue weighted by Gasteiger charge is -2.07. The maximum absolute atomic E-state index is 4.15. The first-order valence-electron chi connectivity index (χ1n) is 4.23. The van der Waals surface area contributed by atoms with Crippen LogP contribution >= 0.6 is 0 Å². The average Bonchev–Trinajstić information content (AvgIpc) is 2.21. The largest absolute Gasteiger partial charge is 0.269 e. The van der Waals surface area contributed by atoms with Gasteiger partial charge < -0.3 is 0 Å². The second kappa shape index (κ2) is 3.35. The number of hydrogen-bond donors (Lipinski definition) is 0. The Kier molecular flexibility index (Phi) is 2.04. The number of allylic oxidation sites excluding steroid dienone is 1. The highest BCUT2D eigenvalue weighted by molar-refractivity contribution is 5.73. The number of hydrogen-bond acceptors (Lipinski definition) is 1. The van der Waals surface area contributed by atoms with Crippen molar-refractivity contribution in [3.63, 3.8) is 0 Å². The van der Waals surface area contributed by atoms with Crippen LogP contribution in [0.3, 0.4) is 0 Å². The van der Waals surface area contributed by atoms with E-state index in [9.17, 15) is 0 Å². The van der Waals surface area contributed by atoms with Crippen molar-refractivity contribution in [2.24, 2.45) is 4.99 Å². The molecule has 1 heterocycles. The van der Waals surface area contributed by atoms with E-state index >= 15 is 0 Å². The summed E-state index contributed by atoms with van der Waals surface area (Å²) in [4.78, 5) is 4.15. The van der Waals surface area contributed by atoms with Crippen molar-refractivity contribution >= 4 is 11.8 Å². The molecule has 1 aromatic carbocycles. The normalized spacial score (nSPS) is 15.8. The average molecular weight is 157 g/mol. The number of rotatable bonds is 1.